The third-order valence-electron chi connectivity index (χ3n) is 2.84. The molecule has 4 nitrogen and oxygen atoms in total. The molecule has 0 atom stereocenters. The van der Waals surface area contributed by atoms with Crippen molar-refractivity contribution in [2.45, 2.75) is 13.8 Å². The van der Waals surface area contributed by atoms with Crippen LogP contribution in [0.3, 0.4) is 0 Å². The van der Waals surface area contributed by atoms with Crippen LogP contribution in [0.1, 0.15) is 19.4 Å². The summed E-state index contributed by atoms with van der Waals surface area (Å²) >= 11 is 3.52. The highest BCUT2D eigenvalue weighted by atomic mass is 79.9. The van der Waals surface area contributed by atoms with Crippen molar-refractivity contribution in [2.75, 3.05) is 40.5 Å². The maximum Gasteiger partial charge on any atom is 0.174 e. The van der Waals surface area contributed by atoms with Crippen LogP contribution in [0.4, 0.5) is 0 Å². The first kappa shape index (κ1) is 18.0. The summed E-state index contributed by atoms with van der Waals surface area (Å²) in [4.78, 5) is 0. The zero-order valence-corrected chi connectivity index (χ0v) is 14.7. The highest BCUT2D eigenvalue weighted by Gasteiger charge is 2.10. The van der Waals surface area contributed by atoms with Gasteiger partial charge < -0.3 is 19.5 Å². The highest BCUT2D eigenvalue weighted by molar-refractivity contribution is 9.10. The smallest absolute Gasteiger partial charge is 0.174 e. The third-order valence-corrected chi connectivity index (χ3v) is 3.42. The molecule has 1 aromatic carbocycles. The van der Waals surface area contributed by atoms with Crippen LogP contribution in [0, 0.1) is 0 Å². The number of halogens is 1. The van der Waals surface area contributed by atoms with Crippen LogP contribution in [0.5, 0.6) is 11.5 Å². The van der Waals surface area contributed by atoms with Gasteiger partial charge in [-0.2, -0.15) is 0 Å². The summed E-state index contributed by atoms with van der Waals surface area (Å²) in [6, 6.07) is 4.02. The van der Waals surface area contributed by atoms with E-state index in [4.69, 9.17) is 14.2 Å². The maximum atomic E-state index is 5.63. The molecule has 1 rings (SSSR count). The van der Waals surface area contributed by atoms with Gasteiger partial charge >= 0.3 is 0 Å². The number of ether oxygens (including phenoxy) is 3. The van der Waals surface area contributed by atoms with Crippen molar-refractivity contribution < 1.29 is 14.2 Å². The fraction of sp³-hybridized carbons (Fsp3) is 0.500. The molecule has 1 aromatic rings. The van der Waals surface area contributed by atoms with Gasteiger partial charge in [0, 0.05) is 20.2 Å². The van der Waals surface area contributed by atoms with Gasteiger partial charge in [0.1, 0.15) is 0 Å². The minimum atomic E-state index is 0.605. The molecule has 5 heteroatoms. The van der Waals surface area contributed by atoms with Crippen molar-refractivity contribution in [3.8, 4) is 11.5 Å². The lowest BCUT2D eigenvalue weighted by Gasteiger charge is -2.12. The SMILES string of the molecule is CCOc1cc(C=C(C)CNCCOC)cc(Br)c1OC. The second-order valence-corrected chi connectivity index (χ2v) is 5.48. The summed E-state index contributed by atoms with van der Waals surface area (Å²) in [7, 11) is 3.34. The van der Waals surface area contributed by atoms with E-state index in [2.05, 4.69) is 34.2 Å². The molecule has 0 aromatic heterocycles. The Kier molecular flexibility index (Phi) is 8.42. The Morgan fingerprint density at radius 1 is 1.33 bits per heavy atom. The van der Waals surface area contributed by atoms with Crippen molar-refractivity contribution in [3.63, 3.8) is 0 Å². The fourth-order valence-corrected chi connectivity index (χ4v) is 2.55. The minimum absolute atomic E-state index is 0.605. The van der Waals surface area contributed by atoms with E-state index in [0.717, 1.165) is 41.2 Å². The molecular weight excluding hydrogens is 334 g/mol. The van der Waals surface area contributed by atoms with Gasteiger partial charge in [0.2, 0.25) is 0 Å². The van der Waals surface area contributed by atoms with Crippen LogP contribution >= 0.6 is 15.9 Å². The molecule has 0 spiro atoms. The number of rotatable bonds is 9. The molecule has 1 N–H and O–H groups in total. The lowest BCUT2D eigenvalue weighted by Crippen LogP contribution is -2.20. The van der Waals surface area contributed by atoms with Crippen LogP contribution in [0.2, 0.25) is 0 Å². The van der Waals surface area contributed by atoms with Crippen LogP contribution in [0.25, 0.3) is 6.08 Å². The lowest BCUT2D eigenvalue weighted by molar-refractivity contribution is 0.200. The molecule has 0 unspecified atom stereocenters. The van der Waals surface area contributed by atoms with Gasteiger partial charge in [-0.25, -0.2) is 0 Å². The van der Waals surface area contributed by atoms with Crippen LogP contribution < -0.4 is 14.8 Å². The lowest BCUT2D eigenvalue weighted by atomic mass is 10.1. The van der Waals surface area contributed by atoms with Crippen molar-refractivity contribution in [1.82, 2.24) is 5.32 Å². The van der Waals surface area contributed by atoms with Gasteiger partial charge in [-0.1, -0.05) is 11.6 Å². The van der Waals surface area contributed by atoms with Crippen molar-refractivity contribution in [1.29, 1.82) is 0 Å². The zero-order chi connectivity index (χ0) is 15.7. The molecule has 0 radical (unpaired) electrons. The molecular formula is C16H24BrNO3. The predicted octanol–water partition coefficient (Wildman–Crippen LogP) is 3.50. The van der Waals surface area contributed by atoms with E-state index in [-0.39, 0.29) is 0 Å². The van der Waals surface area contributed by atoms with E-state index in [9.17, 15) is 0 Å². The quantitative estimate of drug-likeness (QED) is 0.686. The fourth-order valence-electron chi connectivity index (χ4n) is 1.93. The molecule has 21 heavy (non-hydrogen) atoms. The molecule has 118 valence electrons. The number of benzene rings is 1. The second kappa shape index (κ2) is 9.82. The number of hydrogen-bond donors (Lipinski definition) is 1. The van der Waals surface area contributed by atoms with E-state index in [1.54, 1.807) is 14.2 Å². The average molecular weight is 358 g/mol. The molecule has 0 fully saturated rings. The van der Waals surface area contributed by atoms with E-state index < -0.39 is 0 Å². The summed E-state index contributed by atoms with van der Waals surface area (Å²) in [5.74, 6) is 1.48. The molecule has 0 aliphatic rings. The first-order chi connectivity index (χ1) is 10.1. The van der Waals surface area contributed by atoms with Gasteiger partial charge in [0.15, 0.2) is 11.5 Å². The summed E-state index contributed by atoms with van der Waals surface area (Å²) in [6.07, 6.45) is 2.13. The molecule has 0 bridgehead atoms. The minimum Gasteiger partial charge on any atom is -0.492 e. The first-order valence-electron chi connectivity index (χ1n) is 6.99. The Morgan fingerprint density at radius 3 is 2.71 bits per heavy atom. The van der Waals surface area contributed by atoms with E-state index in [1.165, 1.54) is 5.57 Å². The summed E-state index contributed by atoms with van der Waals surface area (Å²) < 4.78 is 16.9. The number of nitrogens with one attached hydrogen (secondary N) is 1. The zero-order valence-electron chi connectivity index (χ0n) is 13.2. The average Bonchev–Trinajstić information content (AvgIpc) is 2.44. The highest BCUT2D eigenvalue weighted by Crippen LogP contribution is 2.37. The molecule has 0 heterocycles. The summed E-state index contributed by atoms with van der Waals surface area (Å²) in [6.45, 7) is 7.05. The van der Waals surface area contributed by atoms with Gasteiger partial charge in [-0.15, -0.1) is 0 Å². The topological polar surface area (TPSA) is 39.7 Å². The van der Waals surface area contributed by atoms with Gasteiger partial charge in [-0.3, -0.25) is 0 Å². The number of hydrogen-bond acceptors (Lipinski definition) is 4. The Bertz CT molecular complexity index is 475. The number of methoxy groups -OCH3 is 2. The predicted molar refractivity (Wildman–Crippen MR) is 90.3 cm³/mol. The Morgan fingerprint density at radius 2 is 2.10 bits per heavy atom. The first-order valence-corrected chi connectivity index (χ1v) is 7.78. The standard InChI is InChI=1S/C16H24BrNO3/c1-5-21-15-10-13(9-14(17)16(15)20-4)8-12(2)11-18-6-7-19-3/h8-10,18H,5-7,11H2,1-4H3. The molecule has 0 amide bonds. The van der Waals surface area contributed by atoms with Crippen LogP contribution in [0.15, 0.2) is 22.2 Å². The molecule has 0 aliphatic carbocycles. The van der Waals surface area contributed by atoms with Gasteiger partial charge in [0.25, 0.3) is 0 Å². The Balaban J connectivity index is 2.82. The van der Waals surface area contributed by atoms with Crippen LogP contribution in [-0.2, 0) is 4.74 Å². The monoisotopic (exact) mass is 357 g/mol. The van der Waals surface area contributed by atoms with Crippen molar-refractivity contribution in [3.05, 3.63) is 27.7 Å². The van der Waals surface area contributed by atoms with E-state index >= 15 is 0 Å². The van der Waals surface area contributed by atoms with Gasteiger partial charge in [-0.05, 0) is 47.5 Å². The summed E-state index contributed by atoms with van der Waals surface area (Å²) in [5.41, 5.74) is 2.32. The van der Waals surface area contributed by atoms with E-state index in [0.29, 0.717) is 6.61 Å². The largest absolute Gasteiger partial charge is 0.492 e. The van der Waals surface area contributed by atoms with Gasteiger partial charge in [0.05, 0.1) is 24.8 Å². The van der Waals surface area contributed by atoms with Crippen LogP contribution in [-0.4, -0.2) is 40.5 Å². The maximum absolute atomic E-state index is 5.63. The summed E-state index contributed by atoms with van der Waals surface area (Å²) in [5, 5.41) is 3.32. The molecule has 0 saturated heterocycles. The molecule has 0 aliphatic heterocycles. The normalized spacial score (nSPS) is 11.6. The second-order valence-electron chi connectivity index (χ2n) is 4.63. The van der Waals surface area contributed by atoms with Crippen molar-refractivity contribution in [2.24, 2.45) is 0 Å². The molecule has 0 saturated carbocycles. The van der Waals surface area contributed by atoms with Crippen molar-refractivity contribution >= 4 is 22.0 Å². The Hall–Kier alpha value is -1.04. The third kappa shape index (κ3) is 6.08. The van der Waals surface area contributed by atoms with E-state index in [1.807, 2.05) is 19.1 Å². The Labute approximate surface area is 135 Å².